The number of fused-ring (bicyclic) bond motifs is 1. The lowest BCUT2D eigenvalue weighted by Gasteiger charge is -2.35. The maximum absolute atomic E-state index is 12.3. The number of hydrogen-bond acceptors (Lipinski definition) is 2. The minimum Gasteiger partial charge on any atom is -0.542 e. The first-order valence-electron chi connectivity index (χ1n) is 8.09. The zero-order valence-corrected chi connectivity index (χ0v) is 14.5. The Morgan fingerprint density at radius 3 is 2.64 bits per heavy atom. The van der Waals surface area contributed by atoms with E-state index in [9.17, 15) is 4.55 Å². The van der Waals surface area contributed by atoms with E-state index in [1.54, 1.807) is 0 Å². The molecule has 2 aliphatic rings. The van der Waals surface area contributed by atoms with Gasteiger partial charge in [0.1, 0.15) is 5.92 Å². The quantitative estimate of drug-likeness (QED) is 0.744. The monoisotopic (exact) mass is 317 g/mol. The molecule has 2 atom stereocenters. The van der Waals surface area contributed by atoms with Crippen molar-refractivity contribution in [3.05, 3.63) is 39.6 Å². The van der Waals surface area contributed by atoms with Crippen molar-refractivity contribution >= 4 is 11.4 Å². The summed E-state index contributed by atoms with van der Waals surface area (Å²) in [4.78, 5) is 0. The Hall–Kier alpha value is -1.02. The van der Waals surface area contributed by atoms with Crippen LogP contribution in [0.3, 0.4) is 0 Å². The highest BCUT2D eigenvalue weighted by Crippen LogP contribution is 2.52. The molecule has 1 unspecified atom stereocenters. The van der Waals surface area contributed by atoms with E-state index in [0.29, 0.717) is 0 Å². The van der Waals surface area contributed by atoms with Crippen LogP contribution >= 0.6 is 0 Å². The van der Waals surface area contributed by atoms with Crippen molar-refractivity contribution in [2.45, 2.75) is 50.7 Å². The van der Waals surface area contributed by atoms with E-state index in [2.05, 4.69) is 39.9 Å². The Balaban J connectivity index is 1.96. The van der Waals surface area contributed by atoms with Crippen LogP contribution in [0.4, 0.5) is 0 Å². The van der Waals surface area contributed by atoms with Gasteiger partial charge >= 0.3 is 17.4 Å². The van der Waals surface area contributed by atoms with E-state index in [1.165, 1.54) is 11.1 Å². The Bertz CT molecular complexity index is 605. The van der Waals surface area contributed by atoms with E-state index in [-0.39, 0.29) is 16.1 Å². The second-order valence-corrected chi connectivity index (χ2v) is 9.41. The van der Waals surface area contributed by atoms with E-state index in [4.69, 9.17) is 0 Å². The molecule has 0 aromatic heterocycles. The van der Waals surface area contributed by atoms with Crippen molar-refractivity contribution < 1.29 is 4.55 Å². The van der Waals surface area contributed by atoms with Crippen LogP contribution in [0.5, 0.6) is 0 Å². The number of piperidine rings is 1. The molecule has 1 aliphatic carbocycles. The summed E-state index contributed by atoms with van der Waals surface area (Å²) in [7, 11) is 0. The molecule has 1 aromatic rings. The van der Waals surface area contributed by atoms with E-state index < -0.39 is 11.4 Å². The van der Waals surface area contributed by atoms with Gasteiger partial charge in [0.2, 0.25) is 0 Å². The molecule has 0 radical (unpaired) electrons. The number of benzene rings is 1. The Morgan fingerprint density at radius 2 is 1.95 bits per heavy atom. The molecule has 118 valence electrons. The average molecular weight is 317 g/mol. The summed E-state index contributed by atoms with van der Waals surface area (Å²) in [5, 5.41) is 3.45. The standard InChI is InChI=1S/C18H25N2OS/c1-17(2,3)22(21)20-13-16-15-7-5-4-6-14(15)12-18(16)8-10-19-11-9-18/h4-7,16,19H,8-12H2,1-3H3/q+1/t16?,22-/m1/s1. The molecule has 1 heterocycles. The van der Waals surface area contributed by atoms with Gasteiger partial charge in [-0.1, -0.05) is 24.3 Å². The van der Waals surface area contributed by atoms with Crippen LogP contribution in [-0.4, -0.2) is 22.4 Å². The van der Waals surface area contributed by atoms with Gasteiger partial charge in [-0.05, 0) is 64.3 Å². The van der Waals surface area contributed by atoms with Crippen molar-refractivity contribution in [1.29, 1.82) is 0 Å². The molecule has 0 amide bonds. The van der Waals surface area contributed by atoms with E-state index in [1.807, 2.05) is 20.8 Å². The van der Waals surface area contributed by atoms with Gasteiger partial charge in [0.25, 0.3) is 0 Å². The van der Waals surface area contributed by atoms with Crippen LogP contribution in [-0.2, 0) is 17.8 Å². The van der Waals surface area contributed by atoms with Gasteiger partial charge in [-0.25, -0.2) is 0 Å². The average Bonchev–Trinajstić information content (AvgIpc) is 2.77. The second-order valence-electron chi connectivity index (χ2n) is 7.50. The molecular weight excluding hydrogens is 292 g/mol. The number of rotatable bonds is 0. The molecule has 1 fully saturated rings. The molecule has 1 spiro atoms. The lowest BCUT2D eigenvalue weighted by Crippen LogP contribution is -2.39. The first kappa shape index (κ1) is 15.9. The molecule has 1 N–H and O–H groups in total. The Morgan fingerprint density at radius 1 is 1.27 bits per heavy atom. The molecular formula is C18H25N2OS+. The lowest BCUT2D eigenvalue weighted by atomic mass is 9.70. The van der Waals surface area contributed by atoms with Crippen LogP contribution in [0.25, 0.3) is 4.25 Å². The zero-order chi connectivity index (χ0) is 15.8. The molecule has 1 saturated heterocycles. The number of hydrogen-bond donors (Lipinski definition) is 1. The Labute approximate surface area is 136 Å². The van der Waals surface area contributed by atoms with Gasteiger partial charge in [0, 0.05) is 5.41 Å². The molecule has 1 aromatic carbocycles. The van der Waals surface area contributed by atoms with Gasteiger partial charge in [-0.2, -0.15) is 0 Å². The first-order chi connectivity index (χ1) is 10.4. The smallest absolute Gasteiger partial charge is 0.380 e. The fourth-order valence-electron chi connectivity index (χ4n) is 3.62. The van der Waals surface area contributed by atoms with Crippen LogP contribution in [0.1, 0.15) is 50.7 Å². The normalized spacial score (nSPS) is 24.5. The molecule has 0 saturated carbocycles. The summed E-state index contributed by atoms with van der Waals surface area (Å²) >= 11 is -1.23. The molecule has 3 rings (SSSR count). The van der Waals surface area contributed by atoms with Crippen LogP contribution in [0, 0.1) is 11.5 Å². The summed E-state index contributed by atoms with van der Waals surface area (Å²) in [5.41, 5.74) is 2.96. The highest BCUT2D eigenvalue weighted by molar-refractivity contribution is 7.94. The zero-order valence-electron chi connectivity index (χ0n) is 13.7. The minimum absolute atomic E-state index is 0.178. The van der Waals surface area contributed by atoms with Gasteiger partial charge in [0.05, 0.1) is 0 Å². The van der Waals surface area contributed by atoms with Crippen molar-refractivity contribution in [2.24, 2.45) is 5.41 Å². The predicted molar refractivity (Wildman–Crippen MR) is 92.6 cm³/mol. The lowest BCUT2D eigenvalue weighted by molar-refractivity contribution is 0.198. The predicted octanol–water partition coefficient (Wildman–Crippen LogP) is 3.49. The van der Waals surface area contributed by atoms with Gasteiger partial charge in [0.15, 0.2) is 9.00 Å². The third kappa shape index (κ3) is 2.90. The van der Waals surface area contributed by atoms with Crippen molar-refractivity contribution in [3.63, 3.8) is 0 Å². The molecule has 4 heteroatoms. The van der Waals surface area contributed by atoms with Crippen molar-refractivity contribution in [3.8, 4) is 6.07 Å². The SMILES string of the molecule is CC(C)(C)[S@@+]([O-])[N+]#CC1c2ccccc2CC12CCNCC2. The summed E-state index contributed by atoms with van der Waals surface area (Å²) in [6, 6.07) is 11.9. The van der Waals surface area contributed by atoms with E-state index in [0.717, 1.165) is 32.4 Å². The van der Waals surface area contributed by atoms with Crippen LogP contribution in [0.2, 0.25) is 0 Å². The van der Waals surface area contributed by atoms with E-state index >= 15 is 0 Å². The molecule has 1 aliphatic heterocycles. The Kier molecular flexibility index (Phi) is 4.24. The maximum atomic E-state index is 12.3. The summed E-state index contributed by atoms with van der Waals surface area (Å²) < 4.78 is 16.3. The topological polar surface area (TPSA) is 39.4 Å². The second kappa shape index (κ2) is 5.88. The maximum Gasteiger partial charge on any atom is 0.380 e. The molecule has 0 bridgehead atoms. The fourth-order valence-corrected chi connectivity index (χ4v) is 4.10. The summed E-state index contributed by atoms with van der Waals surface area (Å²) in [6.45, 7) is 7.97. The number of nitrogens with one attached hydrogen (secondary N) is 1. The molecule has 22 heavy (non-hydrogen) atoms. The van der Waals surface area contributed by atoms with Crippen molar-refractivity contribution in [2.75, 3.05) is 13.1 Å². The van der Waals surface area contributed by atoms with Crippen LogP contribution in [0.15, 0.2) is 24.3 Å². The highest BCUT2D eigenvalue weighted by atomic mass is 32.2. The molecule has 3 nitrogen and oxygen atoms in total. The van der Waals surface area contributed by atoms with Gasteiger partial charge in [-0.3, -0.25) is 0 Å². The fraction of sp³-hybridized carbons (Fsp3) is 0.611. The highest BCUT2D eigenvalue weighted by Gasteiger charge is 2.50. The first-order valence-corrected chi connectivity index (χ1v) is 9.20. The largest absolute Gasteiger partial charge is 0.542 e. The minimum atomic E-state index is -1.23. The van der Waals surface area contributed by atoms with Crippen molar-refractivity contribution in [1.82, 2.24) is 5.32 Å². The number of nitrogens with zero attached hydrogens (tertiary/aromatic N) is 1. The van der Waals surface area contributed by atoms with Crippen LogP contribution < -0.4 is 5.32 Å². The summed E-state index contributed by atoms with van der Waals surface area (Å²) in [6.07, 6.45) is 3.37. The third-order valence-electron chi connectivity index (χ3n) is 4.91. The summed E-state index contributed by atoms with van der Waals surface area (Å²) in [5.74, 6) is 0.178. The third-order valence-corrected chi connectivity index (χ3v) is 6.23. The van der Waals surface area contributed by atoms with Gasteiger partial charge < -0.3 is 9.87 Å². The van der Waals surface area contributed by atoms with Gasteiger partial charge in [-0.15, -0.1) is 0 Å².